The van der Waals surface area contributed by atoms with Crippen molar-refractivity contribution in [3.8, 4) is 57.3 Å². The molecule has 0 amide bonds. The minimum Gasteiger partial charge on any atom is -1.00 e. The maximum Gasteiger partial charge on any atom is 0.205 e. The van der Waals surface area contributed by atoms with Crippen molar-refractivity contribution in [3.63, 3.8) is 0 Å². The van der Waals surface area contributed by atoms with Crippen LogP contribution >= 0.6 is 0 Å². The van der Waals surface area contributed by atoms with Gasteiger partial charge in [-0.1, -0.05) is 157 Å². The third-order valence-electron chi connectivity index (χ3n) is 24.7. The van der Waals surface area contributed by atoms with Crippen LogP contribution in [0.3, 0.4) is 0 Å². The Labute approximate surface area is 788 Å². The highest BCUT2D eigenvalue weighted by Crippen LogP contribution is 2.40. The lowest BCUT2D eigenvalue weighted by Gasteiger charge is -2.21. The Bertz CT molecular complexity index is 8300. The molecule has 0 atom stereocenters. The van der Waals surface area contributed by atoms with E-state index in [0.717, 1.165) is 266 Å². The fourth-order valence-electron chi connectivity index (χ4n) is 17.8. The Hall–Kier alpha value is -15.7. The van der Waals surface area contributed by atoms with Gasteiger partial charge in [-0.3, -0.25) is 4.79 Å². The number of aromatic nitrogens is 5. The highest BCUT2D eigenvalue weighted by Gasteiger charge is 2.23. The van der Waals surface area contributed by atoms with E-state index in [2.05, 4.69) is 222 Å². The average Bonchev–Trinajstić information content (AvgIpc) is 0.788. The van der Waals surface area contributed by atoms with Crippen molar-refractivity contribution in [2.45, 2.75) is 83.1 Å². The van der Waals surface area contributed by atoms with Crippen LogP contribution in [-0.2, 0) is 0 Å². The van der Waals surface area contributed by atoms with Crippen LogP contribution in [0.1, 0.15) is 80.4 Å². The van der Waals surface area contributed by atoms with Gasteiger partial charge in [0.1, 0.15) is 75.7 Å². The standard InChI is InChI=1S/C27H25N3O.C26H23N3O.C21H21N3O.C20H19N3O.C20H18N2O2.ClH/c1-4-30(5-2)20-14-15-23-25(16-20)31-26-17-24(28-19-12-10-18(3)11-13-19)21-8-6-7-9-22(21)27(26)29-23;1-3-29(4-2)19-14-15-22-24(16-19)30-25-17-23(27-18-10-6-5-7-11-18)20-12-8-9-13-21(20)26(25)28-22;1-4-22-16-11-19-18(10-13(16)3)24-21-15-9-7-6-8-14(15)17(23-5-2)12-20(21)25-19;1-3-23(4-2)13-9-10-17-18(11-13)24-19-12-16(21)14-7-5-6-8-15(14)20(19)22-17;1-3-22(4-2)13-9-10-16-18(11-13)24-19-12-17(23)14-7-5-6-8-15(14)20(19)21-16;/h6-17H,4-5H2,1-3H3;5-17H,3-4H2,1-2H3;6-12,23H,4-5H2,1-3H3;5-12,21H,3-4H2,1-2H3;5-12H,3-4H2,1-2H3;1H/p+1. The lowest BCUT2D eigenvalue weighted by atomic mass is 10.0. The smallest absolute Gasteiger partial charge is 0.205 e. The number of para-hydroxylation sites is 1. The normalized spacial score (nSPS) is 11.8. The zero-order valence-corrected chi connectivity index (χ0v) is 78.9. The fourth-order valence-corrected chi connectivity index (χ4v) is 17.8. The Kier molecular flexibility index (Phi) is 27.4. The first kappa shape index (κ1) is 91.2. The summed E-state index contributed by atoms with van der Waals surface area (Å²) in [4.78, 5) is 56.7. The molecule has 0 aromatic heterocycles. The van der Waals surface area contributed by atoms with Gasteiger partial charge in [0.25, 0.3) is 0 Å². The summed E-state index contributed by atoms with van der Waals surface area (Å²) in [5, 5.41) is 17.5. The molecule has 22 rings (SSSR count). The Morgan fingerprint density at radius 3 is 1.25 bits per heavy atom. The van der Waals surface area contributed by atoms with Gasteiger partial charge in [-0.2, -0.15) is 0 Å². The van der Waals surface area contributed by atoms with Crippen LogP contribution in [0.25, 0.3) is 167 Å². The minimum atomic E-state index is -0.0390. The molecule has 0 unspecified atom stereocenters. The number of nitrogen functional groups attached to an aromatic ring is 1. The van der Waals surface area contributed by atoms with E-state index >= 15 is 0 Å². The maximum atomic E-state index is 12.3. The number of halogens is 1. The summed E-state index contributed by atoms with van der Waals surface area (Å²) in [6.45, 7) is 34.9. The number of nitrogens with one attached hydrogen (secondary N) is 2. The number of nitrogens with two attached hydrogens (primary N) is 1. The van der Waals surface area contributed by atoms with Crippen molar-refractivity contribution in [2.75, 3.05) is 91.2 Å². The summed E-state index contributed by atoms with van der Waals surface area (Å²) < 4.78 is 33.4. The monoisotopic (exact) mass is 1800 g/mol. The van der Waals surface area contributed by atoms with Gasteiger partial charge < -0.3 is 60.2 Å². The Morgan fingerprint density at radius 2 is 0.770 bits per heavy atom. The molecule has 135 heavy (non-hydrogen) atoms. The molecule has 0 fully saturated rings. The van der Waals surface area contributed by atoms with Crippen molar-refractivity contribution < 1.29 is 39.5 Å². The molecule has 4 N–H and O–H groups in total. The lowest BCUT2D eigenvalue weighted by molar-refractivity contribution is -0.496. The number of aryl methyl sites for hydroxylation is 2. The van der Waals surface area contributed by atoms with Crippen molar-refractivity contribution >= 4 is 149 Å². The number of benzene rings is 17. The molecule has 0 radical (unpaired) electrons. The number of hydrogen-bond donors (Lipinski definition) is 3. The predicted molar refractivity (Wildman–Crippen MR) is 550 cm³/mol. The second-order valence-corrected chi connectivity index (χ2v) is 33.0. The second-order valence-electron chi connectivity index (χ2n) is 33.0. The zero-order chi connectivity index (χ0) is 92.6. The first-order valence-corrected chi connectivity index (χ1v) is 46.5. The van der Waals surface area contributed by atoms with E-state index in [0.29, 0.717) is 22.4 Å². The van der Waals surface area contributed by atoms with E-state index in [4.69, 9.17) is 62.7 Å². The quantitative estimate of drug-likeness (QED) is 0.0353. The molecule has 10 aliphatic rings. The number of anilines is 5. The molecule has 21 heteroatoms. The van der Waals surface area contributed by atoms with Crippen molar-refractivity contribution in [3.05, 3.63) is 334 Å². The van der Waals surface area contributed by atoms with Crippen LogP contribution in [0.4, 0.5) is 39.8 Å². The zero-order valence-electron chi connectivity index (χ0n) is 78.1. The van der Waals surface area contributed by atoms with Crippen LogP contribution in [-0.4, -0.2) is 90.4 Å². The summed E-state index contributed by atoms with van der Waals surface area (Å²) in [7, 11) is 0. The van der Waals surface area contributed by atoms with Crippen LogP contribution in [0, 0.1) is 13.8 Å². The van der Waals surface area contributed by atoms with E-state index in [9.17, 15) is 4.79 Å². The first-order chi connectivity index (χ1) is 65.5. The Balaban J connectivity index is 0.000000118. The molecule has 0 spiro atoms. The Morgan fingerprint density at radius 1 is 0.363 bits per heavy atom. The third kappa shape index (κ3) is 18.9. The largest absolute Gasteiger partial charge is 1.00 e. The van der Waals surface area contributed by atoms with Crippen LogP contribution in [0.5, 0.6) is 0 Å². The molecule has 5 heterocycles. The van der Waals surface area contributed by atoms with Crippen molar-refractivity contribution in [1.82, 2.24) is 29.5 Å². The van der Waals surface area contributed by atoms with Gasteiger partial charge in [0.15, 0.2) is 62.1 Å². The van der Waals surface area contributed by atoms with Crippen LogP contribution < -0.4 is 74.6 Å². The van der Waals surface area contributed by atoms with Gasteiger partial charge in [-0.15, -0.1) is 0 Å². The number of nitrogens with zero attached hydrogens (tertiary/aromatic N) is 11. The summed E-state index contributed by atoms with van der Waals surface area (Å²) in [5.74, 6) is 3.59. The van der Waals surface area contributed by atoms with E-state index in [1.165, 1.54) is 22.6 Å². The first-order valence-electron chi connectivity index (χ1n) is 46.5. The molecular formula is C114H108ClN14O6+. The lowest BCUT2D eigenvalue weighted by Crippen LogP contribution is -3.00. The summed E-state index contributed by atoms with van der Waals surface area (Å²) in [5.41, 5.74) is 27.8. The summed E-state index contributed by atoms with van der Waals surface area (Å²) in [6, 6.07) is 96.9. The maximum absolute atomic E-state index is 12.3. The molecule has 0 saturated heterocycles. The van der Waals surface area contributed by atoms with E-state index in [-0.39, 0.29) is 17.8 Å². The topological polar surface area (TPSA) is 237 Å². The van der Waals surface area contributed by atoms with Gasteiger partial charge in [0, 0.05) is 188 Å². The van der Waals surface area contributed by atoms with E-state index in [1.54, 1.807) is 0 Å². The van der Waals surface area contributed by atoms with Gasteiger partial charge in [-0.05, 0) is 156 Å². The van der Waals surface area contributed by atoms with Gasteiger partial charge in [0.05, 0.1) is 34.2 Å². The second kappa shape index (κ2) is 40.6. The minimum absolute atomic E-state index is 0. The molecular weight excluding hydrogens is 1700 g/mol. The van der Waals surface area contributed by atoms with E-state index < -0.39 is 0 Å². The van der Waals surface area contributed by atoms with Crippen LogP contribution in [0.2, 0.25) is 0 Å². The number of fused-ring (bicyclic) bond motifs is 20. The summed E-state index contributed by atoms with van der Waals surface area (Å²) in [6.07, 6.45) is 0. The average molecular weight is 1810 g/mol. The fraction of sp³-hybridized carbons (Fsp3) is 0.193. The SMILES string of the molecule is CCN(CC)c1ccc2nc3c4ccccc4c(=Nc4ccc(C)cc4)cc-3oc2c1.CCN(CC)c1ccc2nc3c4ccccc4c(=Nc4ccccc4)cc-3oc2c1.CCN(CC)c1ccc2nc3c4ccccc4c(=O)cc-3oc2c1.CCNc1cc2oc3cc(=[NH+]CC)c(C)cc-3nc2c2ccccc12.CC[N+](CC)=c1ccc2nc3c(cc(N)c4ccccc43)oc-2c1.[Cl-]. The molecule has 0 bridgehead atoms. The molecule has 12 aromatic carbocycles. The molecule has 20 nitrogen and oxygen atoms in total. The molecule has 0 saturated carbocycles. The van der Waals surface area contributed by atoms with Gasteiger partial charge in [-0.25, -0.2) is 44.5 Å². The predicted octanol–water partition coefficient (Wildman–Crippen LogP) is 20.2. The van der Waals surface area contributed by atoms with Crippen LogP contribution in [0.15, 0.2) is 328 Å². The number of rotatable bonds is 16. The molecule has 5 aliphatic carbocycles. The van der Waals surface area contributed by atoms with E-state index in [1.807, 2.05) is 176 Å². The highest BCUT2D eigenvalue weighted by atomic mass is 35.5. The molecule has 5 aliphatic heterocycles. The number of hydrogen-bond acceptors (Lipinski definition) is 18. The highest BCUT2D eigenvalue weighted by molar-refractivity contribution is 6.11. The summed E-state index contributed by atoms with van der Waals surface area (Å²) >= 11 is 0. The molecule has 12 aromatic rings. The molecule has 676 valence electrons. The third-order valence-corrected chi connectivity index (χ3v) is 24.7. The van der Waals surface area contributed by atoms with Gasteiger partial charge >= 0.3 is 0 Å². The van der Waals surface area contributed by atoms with Gasteiger partial charge in [0.2, 0.25) is 10.7 Å². The van der Waals surface area contributed by atoms with Crippen molar-refractivity contribution in [2.24, 2.45) is 9.98 Å². The van der Waals surface area contributed by atoms with Crippen molar-refractivity contribution in [1.29, 1.82) is 0 Å².